The van der Waals surface area contributed by atoms with E-state index in [2.05, 4.69) is 28.7 Å². The minimum absolute atomic E-state index is 0.416. The Kier molecular flexibility index (Phi) is 5.20. The summed E-state index contributed by atoms with van der Waals surface area (Å²) in [6, 6.07) is 7.95. The van der Waals surface area contributed by atoms with E-state index < -0.39 is 5.97 Å². The fourth-order valence-electron chi connectivity index (χ4n) is 1.52. The number of anilines is 1. The maximum Gasteiger partial charge on any atom is 0.331 e. The lowest BCUT2D eigenvalue weighted by Crippen LogP contribution is -2.21. The highest BCUT2D eigenvalue weighted by molar-refractivity contribution is 5.80. The van der Waals surface area contributed by atoms with Crippen molar-refractivity contribution in [1.82, 2.24) is 0 Å². The number of rotatable bonds is 5. The molecule has 0 amide bonds. The van der Waals surface area contributed by atoms with Crippen molar-refractivity contribution in [2.45, 2.75) is 20.8 Å². The Morgan fingerprint density at radius 1 is 1.29 bits per heavy atom. The van der Waals surface area contributed by atoms with Crippen molar-refractivity contribution in [3.05, 3.63) is 29.8 Å². The number of nitrogens with zero attached hydrogens (tertiary/aromatic N) is 2. The number of oxime groups is 1. The molecule has 0 N–H and O–H groups in total. The standard InChI is InChI=1S/C13H18N2O2/c1-4-15(5-2)13-8-6-12(7-9-13)10-14-17-11(3)16/h6-10H,4-5H2,1-3H3. The average Bonchev–Trinajstić information content (AvgIpc) is 2.32. The molecule has 4 nitrogen and oxygen atoms in total. The van der Waals surface area contributed by atoms with E-state index in [9.17, 15) is 4.79 Å². The Balaban J connectivity index is 2.67. The van der Waals surface area contributed by atoms with Gasteiger partial charge < -0.3 is 9.74 Å². The summed E-state index contributed by atoms with van der Waals surface area (Å²) in [6.07, 6.45) is 1.52. The van der Waals surface area contributed by atoms with E-state index in [4.69, 9.17) is 0 Å². The van der Waals surface area contributed by atoms with Crippen molar-refractivity contribution in [1.29, 1.82) is 0 Å². The van der Waals surface area contributed by atoms with Gasteiger partial charge >= 0.3 is 5.97 Å². The third-order valence-corrected chi connectivity index (χ3v) is 2.40. The van der Waals surface area contributed by atoms with Crippen LogP contribution in [0, 0.1) is 0 Å². The van der Waals surface area contributed by atoms with Crippen LogP contribution in [0.4, 0.5) is 5.69 Å². The van der Waals surface area contributed by atoms with Gasteiger partial charge in [0.15, 0.2) is 0 Å². The first kappa shape index (κ1) is 13.2. The number of benzene rings is 1. The molecule has 1 aromatic carbocycles. The summed E-state index contributed by atoms with van der Waals surface area (Å²) in [4.78, 5) is 17.3. The monoisotopic (exact) mass is 234 g/mol. The maximum atomic E-state index is 10.5. The fourth-order valence-corrected chi connectivity index (χ4v) is 1.52. The van der Waals surface area contributed by atoms with Gasteiger partial charge in [-0.25, -0.2) is 4.79 Å². The first-order valence-corrected chi connectivity index (χ1v) is 5.73. The smallest absolute Gasteiger partial charge is 0.331 e. The first-order valence-electron chi connectivity index (χ1n) is 5.73. The van der Waals surface area contributed by atoms with E-state index >= 15 is 0 Å². The molecule has 0 aromatic heterocycles. The minimum atomic E-state index is -0.416. The molecule has 0 bridgehead atoms. The quantitative estimate of drug-likeness (QED) is 0.446. The summed E-state index contributed by atoms with van der Waals surface area (Å²) in [7, 11) is 0. The third-order valence-electron chi connectivity index (χ3n) is 2.40. The summed E-state index contributed by atoms with van der Waals surface area (Å²) in [6.45, 7) is 7.54. The van der Waals surface area contributed by atoms with Crippen molar-refractivity contribution in [3.63, 3.8) is 0 Å². The van der Waals surface area contributed by atoms with Crippen LogP contribution in [0.5, 0.6) is 0 Å². The van der Waals surface area contributed by atoms with Crippen LogP contribution >= 0.6 is 0 Å². The second-order valence-electron chi connectivity index (χ2n) is 3.58. The lowest BCUT2D eigenvalue weighted by atomic mass is 10.2. The zero-order valence-corrected chi connectivity index (χ0v) is 10.5. The molecule has 92 valence electrons. The summed E-state index contributed by atoms with van der Waals surface area (Å²) in [5, 5.41) is 3.57. The van der Waals surface area contributed by atoms with Gasteiger partial charge in [0.1, 0.15) is 0 Å². The molecule has 0 aliphatic carbocycles. The number of carbonyl (C=O) groups excluding carboxylic acids is 1. The van der Waals surface area contributed by atoms with Gasteiger partial charge in [-0.3, -0.25) is 0 Å². The average molecular weight is 234 g/mol. The van der Waals surface area contributed by atoms with Crippen LogP contribution in [0.3, 0.4) is 0 Å². The Labute approximate surface area is 102 Å². The summed E-state index contributed by atoms with van der Waals surface area (Å²) in [5.41, 5.74) is 2.08. The van der Waals surface area contributed by atoms with Crippen LogP contribution < -0.4 is 4.90 Å². The molecule has 0 fully saturated rings. The predicted molar refractivity (Wildman–Crippen MR) is 69.4 cm³/mol. The molecule has 0 unspecified atom stereocenters. The molecular formula is C13H18N2O2. The molecule has 0 atom stereocenters. The van der Waals surface area contributed by atoms with Crippen LogP contribution in [0.1, 0.15) is 26.3 Å². The molecule has 1 rings (SSSR count). The van der Waals surface area contributed by atoms with Crippen LogP contribution in [-0.2, 0) is 9.63 Å². The molecule has 0 aliphatic rings. The lowest BCUT2D eigenvalue weighted by molar-refractivity contribution is -0.140. The molecule has 0 heterocycles. The van der Waals surface area contributed by atoms with Gasteiger partial charge in [0, 0.05) is 25.7 Å². The van der Waals surface area contributed by atoms with Crippen molar-refractivity contribution >= 4 is 17.9 Å². The molecule has 0 aliphatic heterocycles. The highest BCUT2D eigenvalue weighted by atomic mass is 16.7. The molecule has 1 aromatic rings. The zero-order valence-electron chi connectivity index (χ0n) is 10.5. The van der Waals surface area contributed by atoms with Gasteiger partial charge in [-0.2, -0.15) is 0 Å². The molecule has 17 heavy (non-hydrogen) atoms. The molecule has 4 heteroatoms. The van der Waals surface area contributed by atoms with Gasteiger partial charge in [-0.05, 0) is 31.5 Å². The zero-order chi connectivity index (χ0) is 12.7. The van der Waals surface area contributed by atoms with E-state index in [-0.39, 0.29) is 0 Å². The third kappa shape index (κ3) is 4.26. The molecule has 0 saturated carbocycles. The van der Waals surface area contributed by atoms with Crippen molar-refractivity contribution in [2.24, 2.45) is 5.16 Å². The Hall–Kier alpha value is -1.84. The predicted octanol–water partition coefficient (Wildman–Crippen LogP) is 2.43. The van der Waals surface area contributed by atoms with Crippen LogP contribution in [0.2, 0.25) is 0 Å². The molecule has 0 spiro atoms. The van der Waals surface area contributed by atoms with E-state index in [0.717, 1.165) is 18.7 Å². The normalized spacial score (nSPS) is 10.5. The Morgan fingerprint density at radius 3 is 2.35 bits per heavy atom. The van der Waals surface area contributed by atoms with E-state index in [1.165, 1.54) is 18.8 Å². The fraction of sp³-hybridized carbons (Fsp3) is 0.385. The van der Waals surface area contributed by atoms with E-state index in [1.807, 2.05) is 24.3 Å². The second-order valence-corrected chi connectivity index (χ2v) is 3.58. The van der Waals surface area contributed by atoms with Crippen LogP contribution in [0.25, 0.3) is 0 Å². The topological polar surface area (TPSA) is 41.9 Å². The van der Waals surface area contributed by atoms with Gasteiger partial charge in [-0.15, -0.1) is 0 Å². The summed E-state index contributed by atoms with van der Waals surface area (Å²) < 4.78 is 0. The number of hydrogen-bond acceptors (Lipinski definition) is 4. The highest BCUT2D eigenvalue weighted by Crippen LogP contribution is 2.13. The highest BCUT2D eigenvalue weighted by Gasteiger charge is 2.00. The number of hydrogen-bond donors (Lipinski definition) is 0. The number of carbonyl (C=O) groups is 1. The second kappa shape index (κ2) is 6.68. The Bertz CT molecular complexity index is 381. The lowest BCUT2D eigenvalue weighted by Gasteiger charge is -2.20. The van der Waals surface area contributed by atoms with Crippen molar-refractivity contribution < 1.29 is 9.63 Å². The maximum absolute atomic E-state index is 10.5. The Morgan fingerprint density at radius 2 is 1.88 bits per heavy atom. The van der Waals surface area contributed by atoms with Crippen molar-refractivity contribution in [2.75, 3.05) is 18.0 Å². The van der Waals surface area contributed by atoms with Crippen LogP contribution in [0.15, 0.2) is 29.4 Å². The van der Waals surface area contributed by atoms with Gasteiger partial charge in [0.2, 0.25) is 0 Å². The van der Waals surface area contributed by atoms with Crippen LogP contribution in [-0.4, -0.2) is 25.3 Å². The minimum Gasteiger partial charge on any atom is -0.372 e. The molecule has 0 saturated heterocycles. The molecule has 0 radical (unpaired) electrons. The first-order chi connectivity index (χ1) is 8.17. The van der Waals surface area contributed by atoms with Gasteiger partial charge in [0.25, 0.3) is 0 Å². The van der Waals surface area contributed by atoms with Gasteiger partial charge in [-0.1, -0.05) is 17.3 Å². The summed E-state index contributed by atoms with van der Waals surface area (Å²) in [5.74, 6) is -0.416. The molecular weight excluding hydrogens is 216 g/mol. The van der Waals surface area contributed by atoms with E-state index in [0.29, 0.717) is 0 Å². The van der Waals surface area contributed by atoms with E-state index in [1.54, 1.807) is 0 Å². The van der Waals surface area contributed by atoms with Crippen molar-refractivity contribution in [3.8, 4) is 0 Å². The SMILES string of the molecule is CCN(CC)c1ccc(C=NOC(C)=O)cc1. The van der Waals surface area contributed by atoms with Gasteiger partial charge in [0.05, 0.1) is 6.21 Å². The summed E-state index contributed by atoms with van der Waals surface area (Å²) >= 11 is 0. The largest absolute Gasteiger partial charge is 0.372 e.